The summed E-state index contributed by atoms with van der Waals surface area (Å²) in [5, 5.41) is 0.0198. The van der Waals surface area contributed by atoms with Crippen LogP contribution in [0.25, 0.3) is 11.4 Å². The lowest BCUT2D eigenvalue weighted by atomic mass is 10.1. The van der Waals surface area contributed by atoms with Gasteiger partial charge in [-0.2, -0.15) is 18.2 Å². The van der Waals surface area contributed by atoms with Crippen LogP contribution in [0.2, 0.25) is 5.28 Å². The van der Waals surface area contributed by atoms with Gasteiger partial charge < -0.3 is 9.30 Å². The fraction of sp³-hybridized carbons (Fsp3) is 0.278. The molecule has 0 amide bonds. The van der Waals surface area contributed by atoms with Crippen LogP contribution in [0.4, 0.5) is 17.6 Å². The highest BCUT2D eigenvalue weighted by atomic mass is 35.5. The second kappa shape index (κ2) is 7.05. The first-order chi connectivity index (χ1) is 13.3. The van der Waals surface area contributed by atoms with Gasteiger partial charge in [0.25, 0.3) is 0 Å². The summed E-state index contributed by atoms with van der Waals surface area (Å²) in [7, 11) is 0. The Morgan fingerprint density at radius 2 is 1.96 bits per heavy atom. The van der Waals surface area contributed by atoms with Crippen LogP contribution in [0.3, 0.4) is 0 Å². The number of nitrogens with zero attached hydrogens (tertiary/aromatic N) is 4. The van der Waals surface area contributed by atoms with E-state index in [1.165, 1.54) is 29.0 Å². The normalized spacial score (nSPS) is 14.3. The van der Waals surface area contributed by atoms with E-state index in [0.717, 1.165) is 19.0 Å². The Morgan fingerprint density at radius 3 is 2.61 bits per heavy atom. The first-order valence-corrected chi connectivity index (χ1v) is 8.75. The van der Waals surface area contributed by atoms with Crippen molar-refractivity contribution < 1.29 is 22.3 Å². The first kappa shape index (κ1) is 18.7. The standard InChI is InChI=1S/C18H13ClF4N4O/c19-17-24-6-5-15(26-17)28-9-10-1-4-12(13(20)7-10)16-25-14(18(21,22)23)8-27(16)11-2-3-11/h1,4-8,11H,2-3,9H2. The van der Waals surface area contributed by atoms with Gasteiger partial charge in [0, 0.05) is 24.5 Å². The van der Waals surface area contributed by atoms with E-state index in [2.05, 4.69) is 15.0 Å². The first-order valence-electron chi connectivity index (χ1n) is 8.37. The van der Waals surface area contributed by atoms with Gasteiger partial charge in [-0.05, 0) is 42.1 Å². The summed E-state index contributed by atoms with van der Waals surface area (Å²) in [6.07, 6.45) is -0.726. The van der Waals surface area contributed by atoms with E-state index in [1.807, 2.05) is 0 Å². The van der Waals surface area contributed by atoms with E-state index in [-0.39, 0.29) is 35.2 Å². The van der Waals surface area contributed by atoms with Gasteiger partial charge in [-0.15, -0.1) is 0 Å². The molecule has 5 nitrogen and oxygen atoms in total. The molecular formula is C18H13ClF4N4O. The maximum atomic E-state index is 14.7. The second-order valence-corrected chi connectivity index (χ2v) is 6.69. The quantitative estimate of drug-likeness (QED) is 0.434. The van der Waals surface area contributed by atoms with Crippen LogP contribution >= 0.6 is 11.6 Å². The topological polar surface area (TPSA) is 52.8 Å². The Kier molecular flexibility index (Phi) is 4.70. The summed E-state index contributed by atoms with van der Waals surface area (Å²) in [6.45, 7) is 0.00933. The Balaban J connectivity index is 1.59. The largest absolute Gasteiger partial charge is 0.473 e. The molecule has 1 saturated carbocycles. The molecule has 10 heteroatoms. The molecule has 0 unspecified atom stereocenters. The molecule has 4 rings (SSSR count). The van der Waals surface area contributed by atoms with E-state index in [9.17, 15) is 17.6 Å². The molecule has 0 atom stereocenters. The highest BCUT2D eigenvalue weighted by Crippen LogP contribution is 2.41. The summed E-state index contributed by atoms with van der Waals surface area (Å²) in [4.78, 5) is 11.2. The number of aromatic nitrogens is 4. The number of benzene rings is 1. The molecule has 0 bridgehead atoms. The second-order valence-electron chi connectivity index (χ2n) is 6.35. The van der Waals surface area contributed by atoms with Crippen molar-refractivity contribution in [3.63, 3.8) is 0 Å². The average Bonchev–Trinajstić information content (AvgIpc) is 3.38. The number of imidazole rings is 1. The molecular weight excluding hydrogens is 400 g/mol. The van der Waals surface area contributed by atoms with Gasteiger partial charge >= 0.3 is 6.18 Å². The van der Waals surface area contributed by atoms with Crippen molar-refractivity contribution in [3.05, 3.63) is 59.0 Å². The fourth-order valence-electron chi connectivity index (χ4n) is 2.75. The van der Waals surface area contributed by atoms with Crippen molar-refractivity contribution in [2.24, 2.45) is 0 Å². The summed E-state index contributed by atoms with van der Waals surface area (Å²) in [5.41, 5.74) is -0.533. The predicted molar refractivity (Wildman–Crippen MR) is 92.3 cm³/mol. The SMILES string of the molecule is Fc1cc(COc2ccnc(Cl)n2)ccc1-c1nc(C(F)(F)F)cn1C1CC1. The van der Waals surface area contributed by atoms with E-state index in [4.69, 9.17) is 16.3 Å². The molecule has 0 N–H and O–H groups in total. The number of ether oxygens (including phenoxy) is 1. The van der Waals surface area contributed by atoms with E-state index >= 15 is 0 Å². The number of rotatable bonds is 5. The smallest absolute Gasteiger partial charge is 0.434 e. The third-order valence-electron chi connectivity index (χ3n) is 4.22. The highest BCUT2D eigenvalue weighted by molar-refractivity contribution is 6.28. The van der Waals surface area contributed by atoms with E-state index in [1.54, 1.807) is 6.07 Å². The van der Waals surface area contributed by atoms with Gasteiger partial charge in [0.15, 0.2) is 5.69 Å². The predicted octanol–water partition coefficient (Wildman–Crippen LogP) is 5.07. The zero-order chi connectivity index (χ0) is 19.9. The Labute approximate surface area is 162 Å². The fourth-order valence-corrected chi connectivity index (χ4v) is 2.89. The third kappa shape index (κ3) is 3.94. The number of hydrogen-bond acceptors (Lipinski definition) is 4. The van der Waals surface area contributed by atoms with Gasteiger partial charge in [0.1, 0.15) is 18.2 Å². The molecule has 0 aliphatic heterocycles. The van der Waals surface area contributed by atoms with Crippen molar-refractivity contribution >= 4 is 11.6 Å². The van der Waals surface area contributed by atoms with Gasteiger partial charge in [0.2, 0.25) is 11.2 Å². The zero-order valence-electron chi connectivity index (χ0n) is 14.2. The molecule has 146 valence electrons. The van der Waals surface area contributed by atoms with Crippen LogP contribution < -0.4 is 4.74 Å². The lowest BCUT2D eigenvalue weighted by Gasteiger charge is -2.09. The molecule has 28 heavy (non-hydrogen) atoms. The molecule has 0 radical (unpaired) electrons. The van der Waals surface area contributed by atoms with Gasteiger partial charge in [-0.3, -0.25) is 0 Å². The minimum atomic E-state index is -4.59. The Hall–Kier alpha value is -2.68. The maximum absolute atomic E-state index is 14.7. The van der Waals surface area contributed by atoms with Crippen LogP contribution in [-0.2, 0) is 12.8 Å². The summed E-state index contributed by atoms with van der Waals surface area (Å²) < 4.78 is 60.6. The molecule has 2 aromatic heterocycles. The summed E-state index contributed by atoms with van der Waals surface area (Å²) in [5.74, 6) is -0.478. The van der Waals surface area contributed by atoms with Crippen LogP contribution in [0.5, 0.6) is 5.88 Å². The molecule has 1 aliphatic carbocycles. The lowest BCUT2D eigenvalue weighted by Crippen LogP contribution is -2.05. The Bertz CT molecular complexity index is 1020. The average molecular weight is 413 g/mol. The summed E-state index contributed by atoms with van der Waals surface area (Å²) in [6, 6.07) is 5.60. The van der Waals surface area contributed by atoms with Crippen molar-refractivity contribution in [2.45, 2.75) is 31.7 Å². The maximum Gasteiger partial charge on any atom is 0.434 e. The number of halogens is 5. The van der Waals surface area contributed by atoms with E-state index < -0.39 is 17.7 Å². The molecule has 1 aromatic carbocycles. The van der Waals surface area contributed by atoms with Crippen molar-refractivity contribution in [1.29, 1.82) is 0 Å². The summed E-state index contributed by atoms with van der Waals surface area (Å²) >= 11 is 5.67. The number of alkyl halides is 3. The lowest BCUT2D eigenvalue weighted by molar-refractivity contribution is -0.140. The Morgan fingerprint density at radius 1 is 1.18 bits per heavy atom. The highest BCUT2D eigenvalue weighted by Gasteiger charge is 2.37. The van der Waals surface area contributed by atoms with Gasteiger partial charge in [-0.1, -0.05) is 6.07 Å². The minimum Gasteiger partial charge on any atom is -0.473 e. The zero-order valence-corrected chi connectivity index (χ0v) is 15.0. The van der Waals surface area contributed by atoms with E-state index in [0.29, 0.717) is 5.56 Å². The van der Waals surface area contributed by atoms with Crippen LogP contribution in [0, 0.1) is 5.82 Å². The molecule has 3 aromatic rings. The molecule has 1 aliphatic rings. The van der Waals surface area contributed by atoms with Crippen LogP contribution in [-0.4, -0.2) is 19.5 Å². The third-order valence-corrected chi connectivity index (χ3v) is 4.41. The van der Waals surface area contributed by atoms with Crippen molar-refractivity contribution in [1.82, 2.24) is 19.5 Å². The van der Waals surface area contributed by atoms with Gasteiger partial charge in [-0.25, -0.2) is 14.4 Å². The number of hydrogen-bond donors (Lipinski definition) is 0. The minimum absolute atomic E-state index is 0.00933. The molecule has 0 spiro atoms. The van der Waals surface area contributed by atoms with Crippen molar-refractivity contribution in [2.75, 3.05) is 0 Å². The molecule has 0 saturated heterocycles. The van der Waals surface area contributed by atoms with Crippen LogP contribution in [0.15, 0.2) is 36.7 Å². The van der Waals surface area contributed by atoms with Crippen molar-refractivity contribution in [3.8, 4) is 17.3 Å². The monoisotopic (exact) mass is 412 g/mol. The molecule has 1 fully saturated rings. The van der Waals surface area contributed by atoms with Gasteiger partial charge in [0.05, 0.1) is 5.56 Å². The van der Waals surface area contributed by atoms with Crippen LogP contribution in [0.1, 0.15) is 30.1 Å². The molecule has 2 heterocycles.